The third-order valence-electron chi connectivity index (χ3n) is 2.66. The van der Waals surface area contributed by atoms with Crippen LogP contribution in [0.25, 0.3) is 0 Å². The first-order valence-electron chi connectivity index (χ1n) is 5.94. The Labute approximate surface area is 107 Å². The third kappa shape index (κ3) is 3.37. The van der Waals surface area contributed by atoms with E-state index in [2.05, 4.69) is 5.32 Å². The second-order valence-corrected chi connectivity index (χ2v) is 3.88. The fraction of sp³-hybridized carbons (Fsp3) is 0.462. The summed E-state index contributed by atoms with van der Waals surface area (Å²) in [5.41, 5.74) is 0.833. The van der Waals surface area contributed by atoms with Crippen molar-refractivity contribution < 1.29 is 14.6 Å². The van der Waals surface area contributed by atoms with Crippen molar-refractivity contribution in [2.45, 2.75) is 6.92 Å². The summed E-state index contributed by atoms with van der Waals surface area (Å²) < 4.78 is 5.20. The zero-order valence-corrected chi connectivity index (χ0v) is 11.1. The number of phenolic OH excluding ortho intramolecular Hbond substituents is 1. The zero-order valence-electron chi connectivity index (χ0n) is 11.1. The number of anilines is 1. The maximum absolute atomic E-state index is 12.1. The van der Waals surface area contributed by atoms with Gasteiger partial charge in [-0.15, -0.1) is 0 Å². The predicted octanol–water partition coefficient (Wildman–Crippen LogP) is 1.54. The van der Waals surface area contributed by atoms with Crippen LogP contribution in [0.3, 0.4) is 0 Å². The highest BCUT2D eigenvalue weighted by Gasteiger charge is 2.17. The van der Waals surface area contributed by atoms with Gasteiger partial charge in [0, 0.05) is 27.2 Å². The highest BCUT2D eigenvalue weighted by Crippen LogP contribution is 2.27. The molecule has 0 aliphatic heterocycles. The van der Waals surface area contributed by atoms with Gasteiger partial charge < -0.3 is 20.1 Å². The topological polar surface area (TPSA) is 61.8 Å². The van der Waals surface area contributed by atoms with Crippen molar-refractivity contribution in [3.05, 3.63) is 23.8 Å². The molecule has 5 nitrogen and oxygen atoms in total. The van der Waals surface area contributed by atoms with Gasteiger partial charge in [0.2, 0.25) is 0 Å². The molecule has 0 aliphatic carbocycles. The van der Waals surface area contributed by atoms with Crippen molar-refractivity contribution in [1.29, 1.82) is 0 Å². The molecule has 0 aromatic heterocycles. The summed E-state index contributed by atoms with van der Waals surface area (Å²) in [7, 11) is 3.38. The van der Waals surface area contributed by atoms with Crippen LogP contribution in [-0.2, 0) is 4.74 Å². The smallest absolute Gasteiger partial charge is 0.257 e. The van der Waals surface area contributed by atoms with Crippen molar-refractivity contribution in [2.75, 3.05) is 39.2 Å². The van der Waals surface area contributed by atoms with Crippen LogP contribution in [0.15, 0.2) is 18.2 Å². The van der Waals surface area contributed by atoms with Crippen LogP contribution in [0.5, 0.6) is 5.75 Å². The first-order chi connectivity index (χ1) is 8.61. The Balaban J connectivity index is 2.77. The maximum Gasteiger partial charge on any atom is 0.257 e. The fourth-order valence-corrected chi connectivity index (χ4v) is 1.57. The quantitative estimate of drug-likeness (QED) is 0.595. The number of para-hydroxylation sites is 1. The second kappa shape index (κ2) is 6.86. The van der Waals surface area contributed by atoms with E-state index in [0.717, 1.165) is 0 Å². The number of nitrogens with one attached hydrogen (secondary N) is 1. The summed E-state index contributed by atoms with van der Waals surface area (Å²) in [6.45, 7) is 3.52. The SMILES string of the molecule is CCOCCN(C)C(=O)c1cccc(NC)c1O. The van der Waals surface area contributed by atoms with Crippen LogP contribution < -0.4 is 5.32 Å². The molecule has 0 spiro atoms. The first kappa shape index (κ1) is 14.3. The van der Waals surface area contributed by atoms with Gasteiger partial charge in [0.1, 0.15) is 0 Å². The summed E-state index contributed by atoms with van der Waals surface area (Å²) in [4.78, 5) is 13.6. The molecule has 0 saturated carbocycles. The molecule has 0 fully saturated rings. The number of phenols is 1. The highest BCUT2D eigenvalue weighted by atomic mass is 16.5. The molecular formula is C13H20N2O3. The van der Waals surface area contributed by atoms with Crippen LogP contribution in [0, 0.1) is 0 Å². The van der Waals surface area contributed by atoms with Crippen LogP contribution >= 0.6 is 0 Å². The Morgan fingerprint density at radius 2 is 2.22 bits per heavy atom. The average Bonchev–Trinajstić information content (AvgIpc) is 2.38. The van der Waals surface area contributed by atoms with Gasteiger partial charge in [-0.05, 0) is 19.1 Å². The minimum Gasteiger partial charge on any atom is -0.505 e. The van der Waals surface area contributed by atoms with E-state index in [9.17, 15) is 9.90 Å². The molecule has 1 amide bonds. The molecule has 0 atom stereocenters. The lowest BCUT2D eigenvalue weighted by Crippen LogP contribution is -2.30. The van der Waals surface area contributed by atoms with E-state index < -0.39 is 0 Å². The summed E-state index contributed by atoms with van der Waals surface area (Å²) in [6.07, 6.45) is 0. The predicted molar refractivity (Wildman–Crippen MR) is 71.1 cm³/mol. The number of carbonyl (C=O) groups is 1. The minimum atomic E-state index is -0.218. The summed E-state index contributed by atoms with van der Waals surface area (Å²) in [6, 6.07) is 5.05. The van der Waals surface area contributed by atoms with E-state index in [1.807, 2.05) is 6.92 Å². The molecule has 1 aromatic carbocycles. The largest absolute Gasteiger partial charge is 0.505 e. The van der Waals surface area contributed by atoms with Gasteiger partial charge in [0.05, 0.1) is 17.9 Å². The van der Waals surface area contributed by atoms with Crippen molar-refractivity contribution in [3.8, 4) is 5.75 Å². The second-order valence-electron chi connectivity index (χ2n) is 3.88. The number of amides is 1. The number of ether oxygens (including phenoxy) is 1. The van der Waals surface area contributed by atoms with E-state index in [1.165, 1.54) is 4.90 Å². The van der Waals surface area contributed by atoms with Crippen molar-refractivity contribution >= 4 is 11.6 Å². The van der Waals surface area contributed by atoms with Gasteiger partial charge in [-0.3, -0.25) is 4.79 Å². The summed E-state index contributed by atoms with van der Waals surface area (Å²) >= 11 is 0. The number of rotatable bonds is 6. The number of hydrogen-bond donors (Lipinski definition) is 2. The number of benzene rings is 1. The lowest BCUT2D eigenvalue weighted by molar-refractivity contribution is 0.0707. The third-order valence-corrected chi connectivity index (χ3v) is 2.66. The fourth-order valence-electron chi connectivity index (χ4n) is 1.57. The molecule has 1 aromatic rings. The summed E-state index contributed by atoms with van der Waals surface area (Å²) in [5, 5.41) is 12.8. The van der Waals surface area contributed by atoms with Gasteiger partial charge >= 0.3 is 0 Å². The number of nitrogens with zero attached hydrogens (tertiary/aromatic N) is 1. The Hall–Kier alpha value is -1.75. The van der Waals surface area contributed by atoms with Crippen molar-refractivity contribution in [1.82, 2.24) is 4.90 Å². The van der Waals surface area contributed by atoms with Gasteiger partial charge in [0.25, 0.3) is 5.91 Å². The van der Waals surface area contributed by atoms with E-state index in [0.29, 0.717) is 31.0 Å². The molecule has 0 bridgehead atoms. The molecular weight excluding hydrogens is 232 g/mol. The molecule has 2 N–H and O–H groups in total. The van der Waals surface area contributed by atoms with Gasteiger partial charge in [-0.25, -0.2) is 0 Å². The molecule has 0 aliphatic rings. The number of hydrogen-bond acceptors (Lipinski definition) is 4. The highest BCUT2D eigenvalue weighted by molar-refractivity contribution is 5.98. The van der Waals surface area contributed by atoms with Crippen LogP contribution in [0.1, 0.15) is 17.3 Å². The summed E-state index contributed by atoms with van der Waals surface area (Å²) in [5.74, 6) is -0.238. The molecule has 0 heterocycles. The van der Waals surface area contributed by atoms with Crippen LogP contribution in [0.2, 0.25) is 0 Å². The zero-order chi connectivity index (χ0) is 13.5. The Morgan fingerprint density at radius 1 is 1.50 bits per heavy atom. The standard InChI is InChI=1S/C13H20N2O3/c1-4-18-9-8-15(3)13(17)10-6-5-7-11(14-2)12(10)16/h5-7,14,16H,4,8-9H2,1-3H3. The molecule has 1 rings (SSSR count). The molecule has 100 valence electrons. The Bertz CT molecular complexity index is 407. The monoisotopic (exact) mass is 252 g/mol. The lowest BCUT2D eigenvalue weighted by atomic mass is 10.1. The molecule has 0 radical (unpaired) electrons. The van der Waals surface area contributed by atoms with E-state index in [1.54, 1.807) is 32.3 Å². The van der Waals surface area contributed by atoms with Crippen LogP contribution in [-0.4, -0.2) is 49.8 Å². The Kier molecular flexibility index (Phi) is 5.45. The Morgan fingerprint density at radius 3 is 2.83 bits per heavy atom. The van der Waals surface area contributed by atoms with E-state index in [4.69, 9.17) is 4.74 Å². The molecule has 18 heavy (non-hydrogen) atoms. The average molecular weight is 252 g/mol. The van der Waals surface area contributed by atoms with Gasteiger partial charge in [-0.2, -0.15) is 0 Å². The van der Waals surface area contributed by atoms with E-state index in [-0.39, 0.29) is 11.7 Å². The van der Waals surface area contributed by atoms with Gasteiger partial charge in [-0.1, -0.05) is 6.07 Å². The molecule has 0 saturated heterocycles. The molecule has 5 heteroatoms. The van der Waals surface area contributed by atoms with Gasteiger partial charge in [0.15, 0.2) is 5.75 Å². The first-order valence-corrected chi connectivity index (χ1v) is 5.94. The van der Waals surface area contributed by atoms with Crippen molar-refractivity contribution in [2.24, 2.45) is 0 Å². The number of likely N-dealkylation sites (N-methyl/N-ethyl adjacent to an activating group) is 1. The van der Waals surface area contributed by atoms with E-state index >= 15 is 0 Å². The van der Waals surface area contributed by atoms with Crippen molar-refractivity contribution in [3.63, 3.8) is 0 Å². The molecule has 0 unspecified atom stereocenters. The lowest BCUT2D eigenvalue weighted by Gasteiger charge is -2.18. The number of carbonyl (C=O) groups excluding carboxylic acids is 1. The minimum absolute atomic E-state index is 0.0201. The normalized spacial score (nSPS) is 10.2. The van der Waals surface area contributed by atoms with Crippen LogP contribution in [0.4, 0.5) is 5.69 Å². The number of aromatic hydroxyl groups is 1. The maximum atomic E-state index is 12.1.